The Morgan fingerprint density at radius 2 is 1.03 bits per heavy atom. The molecule has 3 nitrogen and oxygen atoms in total. The molecule has 4 aromatic carbocycles. The van der Waals surface area contributed by atoms with Crippen molar-refractivity contribution in [2.24, 2.45) is 0 Å². The molecule has 0 aliphatic heterocycles. The predicted molar refractivity (Wildman–Crippen MR) is 125 cm³/mol. The first-order chi connectivity index (χ1) is 15.3. The third kappa shape index (κ3) is 4.66. The van der Waals surface area contributed by atoms with Crippen LogP contribution in [0, 0.1) is 6.07 Å². The average molecular weight is 426 g/mol. The average Bonchev–Trinajstić information content (AvgIpc) is 2.85. The fourth-order valence-electron chi connectivity index (χ4n) is 3.42. The maximum Gasteiger partial charge on any atom is 1.00 e. The van der Waals surface area contributed by atoms with Crippen LogP contribution in [-0.4, -0.2) is 15.0 Å². The molecule has 5 rings (SSSR count). The third-order valence-corrected chi connectivity index (χ3v) is 5.17. The van der Waals surface area contributed by atoms with Crippen molar-refractivity contribution >= 4 is 11.6 Å². The van der Waals surface area contributed by atoms with E-state index in [1.54, 1.807) is 6.07 Å². The first kappa shape index (κ1) is 22.0. The minimum absolute atomic E-state index is 0. The van der Waals surface area contributed by atoms with Crippen molar-refractivity contribution in [2.45, 2.75) is 0 Å². The van der Waals surface area contributed by atoms with Crippen molar-refractivity contribution in [1.29, 1.82) is 0 Å². The molecule has 0 saturated carbocycles. The molecule has 0 spiro atoms. The van der Waals surface area contributed by atoms with E-state index >= 15 is 0 Å². The van der Waals surface area contributed by atoms with E-state index < -0.39 is 0 Å². The number of benzene rings is 4. The number of hydrogen-bond donors (Lipinski definition) is 0. The maximum absolute atomic E-state index is 6.07. The van der Waals surface area contributed by atoms with E-state index in [4.69, 9.17) is 26.6 Å². The van der Waals surface area contributed by atoms with Crippen LogP contribution in [0.25, 0.3) is 45.3 Å². The van der Waals surface area contributed by atoms with E-state index in [9.17, 15) is 0 Å². The molecule has 5 heteroatoms. The quantitative estimate of drug-likeness (QED) is 0.323. The summed E-state index contributed by atoms with van der Waals surface area (Å²) in [5.41, 5.74) is 4.72. The molecule has 148 valence electrons. The van der Waals surface area contributed by atoms with Crippen LogP contribution < -0.4 is 18.9 Å². The summed E-state index contributed by atoms with van der Waals surface area (Å²) in [5.74, 6) is 1.89. The largest absolute Gasteiger partial charge is 1.00 e. The molecular formula is C27H17ClLiN3. The Balaban J connectivity index is 0.00000245. The van der Waals surface area contributed by atoms with Crippen LogP contribution in [0.2, 0.25) is 5.02 Å². The molecule has 0 aliphatic rings. The number of aromatic nitrogens is 3. The SMILES string of the molecule is Clc1c[c-]c(-c2ccccc2-c2nc(-c3ccccc3)nc(-c3ccccc3)n2)cc1.[Li+]. The molecule has 0 radical (unpaired) electrons. The fourth-order valence-corrected chi connectivity index (χ4v) is 3.53. The van der Waals surface area contributed by atoms with E-state index in [0.29, 0.717) is 22.5 Å². The molecule has 0 fully saturated rings. The summed E-state index contributed by atoms with van der Waals surface area (Å²) in [6, 6.07) is 36.8. The predicted octanol–water partition coefficient (Wildman–Crippen LogP) is 4.00. The summed E-state index contributed by atoms with van der Waals surface area (Å²) in [6.45, 7) is 0. The van der Waals surface area contributed by atoms with Crippen LogP contribution in [0.4, 0.5) is 0 Å². The van der Waals surface area contributed by atoms with Crippen molar-refractivity contribution in [2.75, 3.05) is 0 Å². The number of halogens is 1. The minimum atomic E-state index is 0. The zero-order chi connectivity index (χ0) is 21.0. The maximum atomic E-state index is 6.07. The van der Waals surface area contributed by atoms with Gasteiger partial charge >= 0.3 is 18.9 Å². The van der Waals surface area contributed by atoms with Gasteiger partial charge in [-0.3, -0.25) is 0 Å². The molecule has 32 heavy (non-hydrogen) atoms. The summed E-state index contributed by atoms with van der Waals surface area (Å²) in [6.07, 6.45) is 0. The van der Waals surface area contributed by atoms with Gasteiger partial charge in [0.2, 0.25) is 0 Å². The molecule has 0 amide bonds. The van der Waals surface area contributed by atoms with Crippen LogP contribution in [0.3, 0.4) is 0 Å². The monoisotopic (exact) mass is 425 g/mol. The van der Waals surface area contributed by atoms with Crippen LogP contribution in [-0.2, 0) is 0 Å². The van der Waals surface area contributed by atoms with Crippen LogP contribution >= 0.6 is 11.6 Å². The van der Waals surface area contributed by atoms with E-state index in [0.717, 1.165) is 27.8 Å². The standard InChI is InChI=1S/C27H17ClN3.Li/c28-22-17-15-19(16-18-22)23-13-7-8-14-24(23)27-30-25(20-9-3-1-4-10-20)29-26(31-27)21-11-5-2-6-12-21;/h1-15,17-18H;/q-1;+1. The molecule has 5 aromatic rings. The van der Waals surface area contributed by atoms with Gasteiger partial charge in [0, 0.05) is 11.1 Å². The second kappa shape index (κ2) is 9.93. The van der Waals surface area contributed by atoms with Crippen molar-refractivity contribution in [3.8, 4) is 45.3 Å². The van der Waals surface area contributed by atoms with Gasteiger partial charge in [-0.15, -0.1) is 41.4 Å². The first-order valence-corrected chi connectivity index (χ1v) is 10.3. The van der Waals surface area contributed by atoms with Gasteiger partial charge in [0.15, 0.2) is 17.5 Å². The second-order valence-electron chi connectivity index (χ2n) is 7.00. The fraction of sp³-hybridized carbons (Fsp3) is 0. The van der Waals surface area contributed by atoms with Gasteiger partial charge in [-0.2, -0.15) is 0 Å². The summed E-state index contributed by atoms with van der Waals surface area (Å²) in [5, 5.41) is 0.652. The Hall–Kier alpha value is -3.22. The number of rotatable bonds is 4. The minimum Gasteiger partial charge on any atom is -0.209 e. The topological polar surface area (TPSA) is 38.7 Å². The Morgan fingerprint density at radius 1 is 0.531 bits per heavy atom. The van der Waals surface area contributed by atoms with Gasteiger partial charge < -0.3 is 0 Å². The Bertz CT molecular complexity index is 1270. The summed E-state index contributed by atoms with van der Waals surface area (Å²) in [4.78, 5) is 14.4. The van der Waals surface area contributed by atoms with Gasteiger partial charge in [0.25, 0.3) is 0 Å². The second-order valence-corrected chi connectivity index (χ2v) is 7.44. The van der Waals surface area contributed by atoms with Crippen molar-refractivity contribution in [3.05, 3.63) is 114 Å². The van der Waals surface area contributed by atoms with Crippen LogP contribution in [0.15, 0.2) is 103 Å². The summed E-state index contributed by atoms with van der Waals surface area (Å²) < 4.78 is 0. The molecular weight excluding hydrogens is 409 g/mol. The third-order valence-electron chi connectivity index (χ3n) is 4.93. The Kier molecular flexibility index (Phi) is 6.83. The molecule has 0 atom stereocenters. The van der Waals surface area contributed by atoms with Crippen molar-refractivity contribution in [3.63, 3.8) is 0 Å². The Morgan fingerprint density at radius 3 is 1.56 bits per heavy atom. The van der Waals surface area contributed by atoms with Crippen molar-refractivity contribution < 1.29 is 18.9 Å². The smallest absolute Gasteiger partial charge is 0.209 e. The first-order valence-electron chi connectivity index (χ1n) is 9.92. The summed E-state index contributed by atoms with van der Waals surface area (Å²) in [7, 11) is 0. The zero-order valence-corrected chi connectivity index (χ0v) is 18.3. The van der Waals surface area contributed by atoms with E-state index in [1.165, 1.54) is 0 Å². The summed E-state index contributed by atoms with van der Waals surface area (Å²) >= 11 is 6.07. The van der Waals surface area contributed by atoms with Crippen LogP contribution in [0.5, 0.6) is 0 Å². The molecule has 0 bridgehead atoms. The van der Waals surface area contributed by atoms with Gasteiger partial charge in [0.05, 0.1) is 0 Å². The van der Waals surface area contributed by atoms with Gasteiger partial charge in [-0.05, 0) is 10.6 Å². The van der Waals surface area contributed by atoms with E-state index in [-0.39, 0.29) is 18.9 Å². The van der Waals surface area contributed by atoms with E-state index in [1.807, 2.05) is 97.1 Å². The molecule has 0 N–H and O–H groups in total. The molecule has 1 aromatic heterocycles. The number of hydrogen-bond acceptors (Lipinski definition) is 3. The Labute approximate surface area is 204 Å². The van der Waals surface area contributed by atoms with Gasteiger partial charge in [-0.1, -0.05) is 90.5 Å². The van der Waals surface area contributed by atoms with E-state index in [2.05, 4.69) is 6.07 Å². The van der Waals surface area contributed by atoms with Crippen molar-refractivity contribution in [1.82, 2.24) is 15.0 Å². The normalized spacial score (nSPS) is 10.4. The van der Waals surface area contributed by atoms with Gasteiger partial charge in [0.1, 0.15) is 0 Å². The van der Waals surface area contributed by atoms with Gasteiger partial charge in [-0.25, -0.2) is 15.0 Å². The molecule has 0 saturated heterocycles. The molecule has 0 unspecified atom stereocenters. The van der Waals surface area contributed by atoms with Crippen LogP contribution in [0.1, 0.15) is 0 Å². The zero-order valence-electron chi connectivity index (χ0n) is 17.5. The number of nitrogens with zero attached hydrogens (tertiary/aromatic N) is 3. The molecule has 0 aliphatic carbocycles. The molecule has 1 heterocycles.